The van der Waals surface area contributed by atoms with E-state index >= 15 is 0 Å². The lowest BCUT2D eigenvalue weighted by molar-refractivity contribution is -0.384. The van der Waals surface area contributed by atoms with Crippen LogP contribution in [0.4, 0.5) is 5.69 Å². The Morgan fingerprint density at radius 1 is 0.605 bits per heavy atom. The molecule has 19 heteroatoms. The Balaban J connectivity index is 1.42. The van der Waals surface area contributed by atoms with Crippen LogP contribution >= 0.6 is 0 Å². The number of aliphatic hydroxyl groups excluding tert-OH is 10. The third-order valence-corrected chi connectivity index (χ3v) is 7.37. The van der Waals surface area contributed by atoms with Gasteiger partial charge in [-0.05, 0) is 12.1 Å². The predicted molar refractivity (Wildman–Crippen MR) is 133 cm³/mol. The van der Waals surface area contributed by atoms with Gasteiger partial charge in [-0.25, -0.2) is 0 Å². The van der Waals surface area contributed by atoms with Crippen LogP contribution in [0.25, 0.3) is 0 Å². The molecule has 0 radical (unpaired) electrons. The van der Waals surface area contributed by atoms with Crippen molar-refractivity contribution in [1.29, 1.82) is 0 Å². The number of hydrogen-bond acceptors (Lipinski definition) is 18. The lowest BCUT2D eigenvalue weighted by atomic mass is 9.96. The van der Waals surface area contributed by atoms with Crippen LogP contribution in [-0.4, -0.2) is 168 Å². The minimum Gasteiger partial charge on any atom is -0.462 e. The molecule has 1 aromatic carbocycles. The third kappa shape index (κ3) is 7.06. The molecule has 15 atom stereocenters. The maximum atomic E-state index is 10.8. The highest BCUT2D eigenvalue weighted by Crippen LogP contribution is 2.33. The van der Waals surface area contributed by atoms with E-state index in [4.69, 9.17) is 28.4 Å². The second kappa shape index (κ2) is 14.3. The Hall–Kier alpha value is -2.18. The zero-order valence-electron chi connectivity index (χ0n) is 22.3. The van der Waals surface area contributed by atoms with E-state index in [1.807, 2.05) is 0 Å². The SMILES string of the molecule is O=[N+]([O-])c1ccc(O[C@H]2O[C@@H](CO)[C@H](O[C@@H]3O[C@H](CO)[C@@H](O[C@@H]4O[C@H](CO)[C@H](O)[C@H](O)[C@@H]4O)[C@H](O)[C@@H]3O)[C@@H](O)[C@@H]2O)cc1. The molecule has 0 unspecified atom stereocenters. The standard InChI is InChI=1S/C24H35NO18/c26-5-10-13(29)14(30)17(33)23(39-10)42-21-12(7-28)41-24(19(35)16(21)32)43-20-11(6-27)40-22(18(34)15(20)31)38-9-3-1-8(2-4-9)25(36)37/h1-4,10-24,26-35H,5-7H2/t10-,11+,12-,13+,14+,15+,16-,17+,18+,19+,20+,21-,22+,23+,24+/m1/s1. The van der Waals surface area contributed by atoms with Crippen molar-refractivity contribution in [2.24, 2.45) is 0 Å². The number of hydrogen-bond donors (Lipinski definition) is 10. The van der Waals surface area contributed by atoms with E-state index in [2.05, 4.69) is 0 Å². The van der Waals surface area contributed by atoms with Crippen molar-refractivity contribution in [3.63, 3.8) is 0 Å². The first-order valence-corrected chi connectivity index (χ1v) is 13.2. The second-order valence-electron chi connectivity index (χ2n) is 10.2. The zero-order valence-corrected chi connectivity index (χ0v) is 22.3. The fraction of sp³-hybridized carbons (Fsp3) is 0.750. The van der Waals surface area contributed by atoms with Gasteiger partial charge < -0.3 is 79.5 Å². The molecule has 0 bridgehead atoms. The van der Waals surface area contributed by atoms with Crippen molar-refractivity contribution < 1.29 is 84.4 Å². The maximum absolute atomic E-state index is 10.8. The summed E-state index contributed by atoms with van der Waals surface area (Å²) in [6, 6.07) is 4.72. The number of nitro benzene ring substituents is 1. The molecule has 10 N–H and O–H groups in total. The number of non-ortho nitro benzene ring substituents is 1. The van der Waals surface area contributed by atoms with E-state index in [0.29, 0.717) is 0 Å². The van der Waals surface area contributed by atoms with Crippen LogP contribution in [0.2, 0.25) is 0 Å². The van der Waals surface area contributed by atoms with Gasteiger partial charge in [-0.15, -0.1) is 0 Å². The van der Waals surface area contributed by atoms with E-state index in [-0.39, 0.29) is 11.4 Å². The van der Waals surface area contributed by atoms with Crippen molar-refractivity contribution in [3.8, 4) is 5.75 Å². The summed E-state index contributed by atoms with van der Waals surface area (Å²) in [6.45, 7) is -2.42. The van der Waals surface area contributed by atoms with Gasteiger partial charge in [0, 0.05) is 12.1 Å². The summed E-state index contributed by atoms with van der Waals surface area (Å²) in [7, 11) is 0. The lowest BCUT2D eigenvalue weighted by Crippen LogP contribution is -2.66. The molecule has 0 amide bonds. The van der Waals surface area contributed by atoms with Crippen LogP contribution in [0.5, 0.6) is 5.75 Å². The van der Waals surface area contributed by atoms with E-state index in [0.717, 1.165) is 12.1 Å². The smallest absolute Gasteiger partial charge is 0.269 e. The van der Waals surface area contributed by atoms with Crippen molar-refractivity contribution in [1.82, 2.24) is 0 Å². The predicted octanol–water partition coefficient (Wildman–Crippen LogP) is -5.58. The molecular formula is C24H35NO18. The van der Waals surface area contributed by atoms with Crippen molar-refractivity contribution in [2.45, 2.75) is 92.1 Å². The first kappa shape index (κ1) is 33.7. The summed E-state index contributed by atoms with van der Waals surface area (Å²) in [5, 5.41) is 113. The third-order valence-electron chi connectivity index (χ3n) is 7.37. The molecule has 3 aliphatic rings. The molecule has 19 nitrogen and oxygen atoms in total. The number of nitrogens with zero attached hydrogens (tertiary/aromatic N) is 1. The Labute approximate surface area is 242 Å². The lowest BCUT2D eigenvalue weighted by Gasteiger charge is -2.48. The summed E-state index contributed by atoms with van der Waals surface area (Å²) in [5.41, 5.74) is -0.227. The highest BCUT2D eigenvalue weighted by atomic mass is 16.8. The van der Waals surface area contributed by atoms with Gasteiger partial charge in [-0.3, -0.25) is 10.1 Å². The highest BCUT2D eigenvalue weighted by Gasteiger charge is 2.53. The van der Waals surface area contributed by atoms with E-state index < -0.39 is 117 Å². The van der Waals surface area contributed by atoms with Gasteiger partial charge in [0.15, 0.2) is 12.6 Å². The van der Waals surface area contributed by atoms with Crippen LogP contribution in [0.1, 0.15) is 0 Å². The summed E-state index contributed by atoms with van der Waals surface area (Å²) in [6.07, 6.45) is -25.4. The second-order valence-corrected chi connectivity index (χ2v) is 10.2. The fourth-order valence-corrected chi connectivity index (χ4v) is 4.92. The monoisotopic (exact) mass is 625 g/mol. The quantitative estimate of drug-likeness (QED) is 0.0856. The molecule has 3 aliphatic heterocycles. The maximum Gasteiger partial charge on any atom is 0.269 e. The molecule has 0 saturated carbocycles. The Morgan fingerprint density at radius 3 is 1.49 bits per heavy atom. The average Bonchev–Trinajstić information content (AvgIpc) is 3.00. The highest BCUT2D eigenvalue weighted by molar-refractivity contribution is 5.36. The molecule has 3 fully saturated rings. The van der Waals surface area contributed by atoms with Gasteiger partial charge in [-0.1, -0.05) is 0 Å². The molecular weight excluding hydrogens is 590 g/mol. The van der Waals surface area contributed by atoms with Crippen LogP contribution in [0, 0.1) is 10.1 Å². The van der Waals surface area contributed by atoms with Crippen molar-refractivity contribution in [2.75, 3.05) is 19.8 Å². The molecule has 43 heavy (non-hydrogen) atoms. The summed E-state index contributed by atoms with van der Waals surface area (Å²) in [4.78, 5) is 10.2. The van der Waals surface area contributed by atoms with E-state index in [1.54, 1.807) is 0 Å². The normalized spacial score (nSPS) is 43.7. The van der Waals surface area contributed by atoms with Crippen molar-refractivity contribution >= 4 is 5.69 Å². The van der Waals surface area contributed by atoms with Gasteiger partial charge in [0.25, 0.3) is 5.69 Å². The summed E-state index contributed by atoms with van der Waals surface area (Å²) >= 11 is 0. The Kier molecular flexibility index (Phi) is 11.2. The summed E-state index contributed by atoms with van der Waals surface area (Å²) < 4.78 is 32.8. The number of aliphatic hydroxyl groups is 10. The number of nitro groups is 1. The van der Waals surface area contributed by atoms with Gasteiger partial charge in [0.2, 0.25) is 6.29 Å². The van der Waals surface area contributed by atoms with Crippen LogP contribution in [0.15, 0.2) is 24.3 Å². The molecule has 3 saturated heterocycles. The summed E-state index contributed by atoms with van der Waals surface area (Å²) in [5.74, 6) is 0.0308. The fourth-order valence-electron chi connectivity index (χ4n) is 4.92. The first-order valence-electron chi connectivity index (χ1n) is 13.2. The van der Waals surface area contributed by atoms with Crippen LogP contribution in [-0.2, 0) is 23.7 Å². The molecule has 4 rings (SSSR count). The molecule has 244 valence electrons. The van der Waals surface area contributed by atoms with Crippen molar-refractivity contribution in [3.05, 3.63) is 34.4 Å². The molecule has 1 aromatic rings. The van der Waals surface area contributed by atoms with Gasteiger partial charge in [-0.2, -0.15) is 0 Å². The molecule has 0 aromatic heterocycles. The van der Waals surface area contributed by atoms with Gasteiger partial charge >= 0.3 is 0 Å². The molecule has 0 spiro atoms. The Bertz CT molecular complexity index is 1040. The zero-order chi connectivity index (χ0) is 31.6. The largest absolute Gasteiger partial charge is 0.462 e. The minimum atomic E-state index is -1.96. The minimum absolute atomic E-state index is 0.0308. The number of rotatable bonds is 10. The van der Waals surface area contributed by atoms with Crippen LogP contribution < -0.4 is 4.74 Å². The number of ether oxygens (including phenoxy) is 6. The topological polar surface area (TPSA) is 301 Å². The van der Waals surface area contributed by atoms with Gasteiger partial charge in [0.1, 0.15) is 79.0 Å². The Morgan fingerprint density at radius 2 is 1.02 bits per heavy atom. The molecule has 0 aliphatic carbocycles. The molecule has 3 heterocycles. The van der Waals surface area contributed by atoms with E-state index in [1.165, 1.54) is 12.1 Å². The van der Waals surface area contributed by atoms with Gasteiger partial charge in [0.05, 0.1) is 24.7 Å². The van der Waals surface area contributed by atoms with Crippen LogP contribution in [0.3, 0.4) is 0 Å². The first-order chi connectivity index (χ1) is 20.4. The average molecular weight is 626 g/mol. The van der Waals surface area contributed by atoms with E-state index in [9.17, 15) is 61.2 Å². The number of benzene rings is 1.